The minimum absolute atomic E-state index is 0.0641. The molecule has 2 aliphatic rings. The van der Waals surface area contributed by atoms with Crippen LogP contribution in [0.2, 0.25) is 5.02 Å². The number of rotatable bonds is 3. The molecule has 1 fully saturated rings. The van der Waals surface area contributed by atoms with E-state index in [4.69, 9.17) is 26.8 Å². The Morgan fingerprint density at radius 3 is 2.88 bits per heavy atom. The van der Waals surface area contributed by atoms with E-state index in [1.807, 2.05) is 6.07 Å². The average molecular weight is 240 g/mol. The second kappa shape index (κ2) is 3.54. The minimum atomic E-state index is 0.0641. The predicted octanol–water partition coefficient (Wildman–Crippen LogP) is 2.49. The number of halogens is 1. The van der Waals surface area contributed by atoms with Gasteiger partial charge in [-0.2, -0.15) is 0 Å². The van der Waals surface area contributed by atoms with E-state index in [0.29, 0.717) is 5.02 Å². The van der Waals surface area contributed by atoms with Crippen LogP contribution in [0.4, 0.5) is 0 Å². The third kappa shape index (κ3) is 1.85. The van der Waals surface area contributed by atoms with Gasteiger partial charge in [-0.05, 0) is 37.3 Å². The van der Waals surface area contributed by atoms with E-state index >= 15 is 0 Å². The predicted molar refractivity (Wildman–Crippen MR) is 62.0 cm³/mol. The van der Waals surface area contributed by atoms with Crippen molar-refractivity contribution in [1.29, 1.82) is 0 Å². The Labute approximate surface area is 99.5 Å². The van der Waals surface area contributed by atoms with Gasteiger partial charge in [0.1, 0.15) is 0 Å². The fraction of sp³-hybridized carbons (Fsp3) is 0.500. The summed E-state index contributed by atoms with van der Waals surface area (Å²) in [4.78, 5) is 0. The molecule has 0 bridgehead atoms. The molecule has 86 valence electrons. The van der Waals surface area contributed by atoms with Crippen molar-refractivity contribution in [2.75, 3.05) is 6.79 Å². The van der Waals surface area contributed by atoms with Crippen LogP contribution in [0, 0.1) is 0 Å². The monoisotopic (exact) mass is 239 g/mol. The highest BCUT2D eigenvalue weighted by atomic mass is 35.5. The van der Waals surface area contributed by atoms with Crippen molar-refractivity contribution in [2.24, 2.45) is 5.73 Å². The standard InChI is InChI=1S/C12H14ClNO2/c13-9-5-8(1-2-12(14)3-4-12)11-10(6-9)15-7-16-11/h5-6H,1-4,7,14H2. The number of benzene rings is 1. The second-order valence-corrected chi connectivity index (χ2v) is 5.10. The van der Waals surface area contributed by atoms with E-state index in [-0.39, 0.29) is 12.3 Å². The molecule has 0 amide bonds. The van der Waals surface area contributed by atoms with E-state index in [1.54, 1.807) is 6.07 Å². The minimum Gasteiger partial charge on any atom is -0.454 e. The first-order valence-corrected chi connectivity index (χ1v) is 5.91. The molecule has 3 nitrogen and oxygen atoms in total. The summed E-state index contributed by atoms with van der Waals surface area (Å²) >= 11 is 6.03. The summed E-state index contributed by atoms with van der Waals surface area (Å²) in [7, 11) is 0. The van der Waals surface area contributed by atoms with Crippen molar-refractivity contribution < 1.29 is 9.47 Å². The van der Waals surface area contributed by atoms with E-state index in [2.05, 4.69) is 0 Å². The Bertz CT molecular complexity index is 429. The zero-order valence-electron chi connectivity index (χ0n) is 8.96. The number of ether oxygens (including phenoxy) is 2. The molecule has 1 aliphatic carbocycles. The molecule has 2 N–H and O–H groups in total. The molecular formula is C12H14ClNO2. The Morgan fingerprint density at radius 2 is 2.12 bits per heavy atom. The summed E-state index contributed by atoms with van der Waals surface area (Å²) in [6.45, 7) is 0.288. The van der Waals surface area contributed by atoms with E-state index in [1.165, 1.54) is 0 Å². The zero-order valence-corrected chi connectivity index (χ0v) is 9.72. The van der Waals surface area contributed by atoms with Crippen LogP contribution in [0.1, 0.15) is 24.8 Å². The van der Waals surface area contributed by atoms with Gasteiger partial charge < -0.3 is 15.2 Å². The Kier molecular flexibility index (Phi) is 2.26. The second-order valence-electron chi connectivity index (χ2n) is 4.66. The largest absolute Gasteiger partial charge is 0.454 e. The van der Waals surface area contributed by atoms with E-state index in [9.17, 15) is 0 Å². The topological polar surface area (TPSA) is 44.5 Å². The first-order valence-electron chi connectivity index (χ1n) is 5.53. The lowest BCUT2D eigenvalue weighted by Crippen LogP contribution is -2.22. The quantitative estimate of drug-likeness (QED) is 0.882. The molecule has 0 atom stereocenters. The molecule has 0 radical (unpaired) electrons. The van der Waals surface area contributed by atoms with Gasteiger partial charge in [-0.15, -0.1) is 0 Å². The highest BCUT2D eigenvalue weighted by Gasteiger charge is 2.37. The number of hydrogen-bond acceptors (Lipinski definition) is 3. The van der Waals surface area contributed by atoms with Gasteiger partial charge in [0.25, 0.3) is 0 Å². The van der Waals surface area contributed by atoms with Crippen molar-refractivity contribution in [3.8, 4) is 11.5 Å². The van der Waals surface area contributed by atoms with Gasteiger partial charge >= 0.3 is 0 Å². The third-order valence-electron chi connectivity index (χ3n) is 3.30. The van der Waals surface area contributed by atoms with Crippen molar-refractivity contribution in [2.45, 2.75) is 31.2 Å². The molecule has 1 aliphatic heterocycles. The number of aryl methyl sites for hydroxylation is 1. The van der Waals surface area contributed by atoms with Gasteiger partial charge in [0.2, 0.25) is 6.79 Å². The van der Waals surface area contributed by atoms with Crippen LogP contribution in [0.15, 0.2) is 12.1 Å². The molecule has 1 aromatic carbocycles. The lowest BCUT2D eigenvalue weighted by atomic mass is 10.0. The molecule has 0 spiro atoms. The Hall–Kier alpha value is -0.930. The summed E-state index contributed by atoms with van der Waals surface area (Å²) in [5.74, 6) is 1.60. The fourth-order valence-electron chi connectivity index (χ4n) is 2.03. The van der Waals surface area contributed by atoms with Crippen molar-refractivity contribution in [1.82, 2.24) is 0 Å². The van der Waals surface area contributed by atoms with Crippen LogP contribution in [0.25, 0.3) is 0 Å². The van der Waals surface area contributed by atoms with Gasteiger partial charge in [-0.3, -0.25) is 0 Å². The third-order valence-corrected chi connectivity index (χ3v) is 3.52. The molecule has 0 aromatic heterocycles. The first-order chi connectivity index (χ1) is 7.66. The molecule has 16 heavy (non-hydrogen) atoms. The molecule has 3 rings (SSSR count). The van der Waals surface area contributed by atoms with E-state index in [0.717, 1.165) is 42.7 Å². The van der Waals surface area contributed by atoms with Crippen molar-refractivity contribution in [3.63, 3.8) is 0 Å². The highest BCUT2D eigenvalue weighted by Crippen LogP contribution is 2.42. The summed E-state index contributed by atoms with van der Waals surface area (Å²) in [5.41, 5.74) is 7.24. The van der Waals surface area contributed by atoms with Crippen molar-refractivity contribution >= 4 is 11.6 Å². The first kappa shape index (κ1) is 10.2. The molecule has 1 aromatic rings. The number of fused-ring (bicyclic) bond motifs is 1. The SMILES string of the molecule is NC1(CCc2cc(Cl)cc3c2OCO3)CC1. The van der Waals surface area contributed by atoms with E-state index < -0.39 is 0 Å². The van der Waals surface area contributed by atoms with Gasteiger partial charge in [-0.25, -0.2) is 0 Å². The average Bonchev–Trinajstić information content (AvgIpc) is 2.79. The van der Waals surface area contributed by atoms with Gasteiger partial charge in [0.05, 0.1) is 0 Å². The van der Waals surface area contributed by atoms with Crippen LogP contribution in [0.5, 0.6) is 11.5 Å². The molecular weight excluding hydrogens is 226 g/mol. The lowest BCUT2D eigenvalue weighted by Gasteiger charge is -2.10. The van der Waals surface area contributed by atoms with Gasteiger partial charge in [0, 0.05) is 16.6 Å². The maximum atomic E-state index is 6.07. The summed E-state index contributed by atoms with van der Waals surface area (Å²) in [6.07, 6.45) is 4.16. The highest BCUT2D eigenvalue weighted by molar-refractivity contribution is 6.30. The Balaban J connectivity index is 1.82. The number of hydrogen-bond donors (Lipinski definition) is 1. The smallest absolute Gasteiger partial charge is 0.231 e. The summed E-state index contributed by atoms with van der Waals surface area (Å²) in [6, 6.07) is 3.74. The molecule has 1 saturated carbocycles. The van der Waals surface area contributed by atoms with Gasteiger partial charge in [0.15, 0.2) is 11.5 Å². The van der Waals surface area contributed by atoms with Crippen molar-refractivity contribution in [3.05, 3.63) is 22.7 Å². The maximum absolute atomic E-state index is 6.07. The van der Waals surface area contributed by atoms with Crippen LogP contribution in [-0.4, -0.2) is 12.3 Å². The fourth-order valence-corrected chi connectivity index (χ4v) is 2.26. The lowest BCUT2D eigenvalue weighted by molar-refractivity contribution is 0.173. The van der Waals surface area contributed by atoms with Crippen LogP contribution >= 0.6 is 11.6 Å². The van der Waals surface area contributed by atoms with Gasteiger partial charge in [-0.1, -0.05) is 11.6 Å². The Morgan fingerprint density at radius 1 is 1.31 bits per heavy atom. The summed E-state index contributed by atoms with van der Waals surface area (Å²) in [5, 5.41) is 0.695. The number of nitrogens with two attached hydrogens (primary N) is 1. The molecule has 0 unspecified atom stereocenters. The normalized spacial score (nSPS) is 19.9. The maximum Gasteiger partial charge on any atom is 0.231 e. The van der Waals surface area contributed by atoms with Crippen LogP contribution in [-0.2, 0) is 6.42 Å². The zero-order chi connectivity index (χ0) is 11.2. The van der Waals surface area contributed by atoms with Crippen LogP contribution in [0.3, 0.4) is 0 Å². The molecule has 1 heterocycles. The van der Waals surface area contributed by atoms with Crippen LogP contribution < -0.4 is 15.2 Å². The molecule has 4 heteroatoms. The summed E-state index contributed by atoms with van der Waals surface area (Å²) < 4.78 is 10.8. The molecule has 0 saturated heterocycles.